The molecule has 102 valence electrons. The summed E-state index contributed by atoms with van der Waals surface area (Å²) in [5.74, 6) is -0.833. The fraction of sp³-hybridized carbons (Fsp3) is 0.769. The van der Waals surface area contributed by atoms with Gasteiger partial charge in [0.25, 0.3) is 5.97 Å². The van der Waals surface area contributed by atoms with Crippen LogP contribution in [0.2, 0.25) is 0 Å². The van der Waals surface area contributed by atoms with Gasteiger partial charge in [0.1, 0.15) is 0 Å². The van der Waals surface area contributed by atoms with E-state index >= 15 is 0 Å². The summed E-state index contributed by atoms with van der Waals surface area (Å²) in [6.45, 7) is 3.31. The predicted octanol–water partition coefficient (Wildman–Crippen LogP) is 3.22. The fourth-order valence-corrected chi connectivity index (χ4v) is 1.15. The van der Waals surface area contributed by atoms with Crippen LogP contribution in [0.1, 0.15) is 46.0 Å². The standard InChI is InChI=1S/C11H22O2.C2H4O2/c1-4-5-6-7-8-9-10-11(12-2)13-3;1-2(3)4/h9-11H,4-8H2,1-3H3;1H3,(H,3,4)/b10-9+;. The molecule has 0 aromatic carbocycles. The number of allylic oxidation sites excluding steroid dienone is 1. The van der Waals surface area contributed by atoms with E-state index in [1.165, 1.54) is 25.7 Å². The van der Waals surface area contributed by atoms with Crippen molar-refractivity contribution in [1.29, 1.82) is 0 Å². The minimum atomic E-state index is -0.833. The first-order chi connectivity index (χ1) is 8.08. The van der Waals surface area contributed by atoms with E-state index in [-0.39, 0.29) is 6.29 Å². The van der Waals surface area contributed by atoms with Gasteiger partial charge in [-0.15, -0.1) is 0 Å². The van der Waals surface area contributed by atoms with Crippen molar-refractivity contribution in [3.05, 3.63) is 12.2 Å². The molecule has 1 N–H and O–H groups in total. The molecule has 0 aliphatic rings. The highest BCUT2D eigenvalue weighted by Gasteiger charge is 1.95. The predicted molar refractivity (Wildman–Crippen MR) is 69.0 cm³/mol. The highest BCUT2D eigenvalue weighted by atomic mass is 16.7. The molecule has 0 amide bonds. The molecule has 0 aliphatic carbocycles. The topological polar surface area (TPSA) is 55.8 Å². The van der Waals surface area contributed by atoms with E-state index in [1.54, 1.807) is 14.2 Å². The molecule has 0 fully saturated rings. The first-order valence-corrected chi connectivity index (χ1v) is 6.00. The van der Waals surface area contributed by atoms with Gasteiger partial charge < -0.3 is 14.6 Å². The van der Waals surface area contributed by atoms with Gasteiger partial charge in [-0.05, 0) is 18.9 Å². The molecule has 0 saturated carbocycles. The van der Waals surface area contributed by atoms with Crippen LogP contribution in [0.4, 0.5) is 0 Å². The maximum absolute atomic E-state index is 9.00. The van der Waals surface area contributed by atoms with Gasteiger partial charge in [-0.2, -0.15) is 0 Å². The van der Waals surface area contributed by atoms with Crippen LogP contribution in [-0.2, 0) is 14.3 Å². The number of aliphatic carboxylic acids is 1. The average Bonchev–Trinajstić information content (AvgIpc) is 2.28. The Morgan fingerprint density at radius 2 is 1.76 bits per heavy atom. The van der Waals surface area contributed by atoms with E-state index in [4.69, 9.17) is 19.4 Å². The first-order valence-electron chi connectivity index (χ1n) is 6.00. The van der Waals surface area contributed by atoms with Crippen LogP contribution < -0.4 is 0 Å². The Labute approximate surface area is 105 Å². The van der Waals surface area contributed by atoms with Gasteiger partial charge in [-0.25, -0.2) is 0 Å². The van der Waals surface area contributed by atoms with Crippen LogP contribution in [0.25, 0.3) is 0 Å². The molecule has 0 saturated heterocycles. The Hall–Kier alpha value is -0.870. The second kappa shape index (κ2) is 15.1. The third-order valence-electron chi connectivity index (χ3n) is 1.98. The van der Waals surface area contributed by atoms with Gasteiger partial charge in [0.15, 0.2) is 6.29 Å². The van der Waals surface area contributed by atoms with E-state index in [0.717, 1.165) is 13.3 Å². The number of ether oxygens (including phenoxy) is 2. The average molecular weight is 246 g/mol. The van der Waals surface area contributed by atoms with Gasteiger partial charge in [-0.3, -0.25) is 4.79 Å². The van der Waals surface area contributed by atoms with Crippen molar-refractivity contribution >= 4 is 5.97 Å². The molecule has 0 heterocycles. The second-order valence-electron chi connectivity index (χ2n) is 3.64. The van der Waals surface area contributed by atoms with Crippen LogP contribution >= 0.6 is 0 Å². The highest BCUT2D eigenvalue weighted by molar-refractivity contribution is 5.62. The lowest BCUT2D eigenvalue weighted by molar-refractivity contribution is -0.134. The van der Waals surface area contributed by atoms with E-state index < -0.39 is 5.97 Å². The highest BCUT2D eigenvalue weighted by Crippen LogP contribution is 2.03. The number of hydrogen-bond donors (Lipinski definition) is 1. The molecule has 0 aromatic heterocycles. The van der Waals surface area contributed by atoms with E-state index in [2.05, 4.69) is 13.0 Å². The number of methoxy groups -OCH3 is 2. The van der Waals surface area contributed by atoms with Gasteiger partial charge >= 0.3 is 0 Å². The van der Waals surface area contributed by atoms with Crippen LogP contribution in [0.15, 0.2) is 12.2 Å². The Balaban J connectivity index is 0. The normalized spacial score (nSPS) is 10.4. The van der Waals surface area contributed by atoms with E-state index in [0.29, 0.717) is 0 Å². The Morgan fingerprint density at radius 3 is 2.18 bits per heavy atom. The zero-order valence-electron chi connectivity index (χ0n) is 11.4. The molecule has 0 bridgehead atoms. The van der Waals surface area contributed by atoms with Crippen molar-refractivity contribution in [2.75, 3.05) is 14.2 Å². The number of carboxylic acids is 1. The Kier molecular flexibility index (Phi) is 16.5. The smallest absolute Gasteiger partial charge is 0.300 e. The molecule has 4 nitrogen and oxygen atoms in total. The summed E-state index contributed by atoms with van der Waals surface area (Å²) < 4.78 is 10.0. The molecule has 4 heteroatoms. The monoisotopic (exact) mass is 246 g/mol. The van der Waals surface area contributed by atoms with Crippen molar-refractivity contribution in [1.82, 2.24) is 0 Å². The largest absolute Gasteiger partial charge is 0.481 e. The molecule has 0 rings (SSSR count). The van der Waals surface area contributed by atoms with Gasteiger partial charge in [0.2, 0.25) is 0 Å². The number of hydrogen-bond acceptors (Lipinski definition) is 3. The van der Waals surface area contributed by atoms with Gasteiger partial charge in [0, 0.05) is 21.1 Å². The van der Waals surface area contributed by atoms with Gasteiger partial charge in [0.05, 0.1) is 0 Å². The van der Waals surface area contributed by atoms with Crippen LogP contribution in [-0.4, -0.2) is 31.6 Å². The Bertz CT molecular complexity index is 182. The summed E-state index contributed by atoms with van der Waals surface area (Å²) >= 11 is 0. The third-order valence-corrected chi connectivity index (χ3v) is 1.98. The second-order valence-corrected chi connectivity index (χ2v) is 3.64. The molecular formula is C13H26O4. The van der Waals surface area contributed by atoms with Gasteiger partial charge in [-0.1, -0.05) is 32.3 Å². The lowest BCUT2D eigenvalue weighted by atomic mass is 10.1. The zero-order chi connectivity index (χ0) is 13.5. The number of unbranched alkanes of at least 4 members (excludes halogenated alkanes) is 4. The minimum Gasteiger partial charge on any atom is -0.481 e. The SMILES string of the molecule is CC(=O)O.CCCCCC/C=C/C(OC)OC. The lowest BCUT2D eigenvalue weighted by Crippen LogP contribution is -2.08. The molecule has 0 aliphatic heterocycles. The number of carboxylic acid groups (broad SMARTS) is 1. The zero-order valence-corrected chi connectivity index (χ0v) is 11.4. The number of carbonyl (C=O) groups is 1. The summed E-state index contributed by atoms with van der Waals surface area (Å²) in [6, 6.07) is 0. The summed E-state index contributed by atoms with van der Waals surface area (Å²) in [7, 11) is 3.30. The molecular weight excluding hydrogens is 220 g/mol. The third kappa shape index (κ3) is 21.1. The summed E-state index contributed by atoms with van der Waals surface area (Å²) in [6.07, 6.45) is 10.3. The quantitative estimate of drug-likeness (QED) is 0.406. The number of rotatable bonds is 8. The van der Waals surface area contributed by atoms with Crippen LogP contribution in [0.5, 0.6) is 0 Å². The minimum absolute atomic E-state index is 0.175. The lowest BCUT2D eigenvalue weighted by Gasteiger charge is -2.06. The van der Waals surface area contributed by atoms with Crippen molar-refractivity contribution < 1.29 is 19.4 Å². The van der Waals surface area contributed by atoms with Crippen molar-refractivity contribution in [2.45, 2.75) is 52.2 Å². The van der Waals surface area contributed by atoms with E-state index in [1.807, 2.05) is 6.08 Å². The summed E-state index contributed by atoms with van der Waals surface area (Å²) in [5.41, 5.74) is 0. The van der Waals surface area contributed by atoms with Crippen LogP contribution in [0.3, 0.4) is 0 Å². The summed E-state index contributed by atoms with van der Waals surface area (Å²) in [5, 5.41) is 7.42. The van der Waals surface area contributed by atoms with Crippen LogP contribution in [0, 0.1) is 0 Å². The van der Waals surface area contributed by atoms with Crippen molar-refractivity contribution in [3.8, 4) is 0 Å². The first kappa shape index (κ1) is 18.5. The maximum Gasteiger partial charge on any atom is 0.300 e. The molecule has 0 aromatic rings. The Morgan fingerprint density at radius 1 is 1.24 bits per heavy atom. The van der Waals surface area contributed by atoms with Crippen molar-refractivity contribution in [3.63, 3.8) is 0 Å². The van der Waals surface area contributed by atoms with Crippen molar-refractivity contribution in [2.24, 2.45) is 0 Å². The molecule has 0 unspecified atom stereocenters. The molecule has 17 heavy (non-hydrogen) atoms. The molecule has 0 spiro atoms. The molecule has 0 atom stereocenters. The molecule has 0 radical (unpaired) electrons. The fourth-order valence-electron chi connectivity index (χ4n) is 1.15. The summed E-state index contributed by atoms with van der Waals surface area (Å²) in [4.78, 5) is 9.00. The maximum atomic E-state index is 9.00. The van der Waals surface area contributed by atoms with E-state index in [9.17, 15) is 0 Å².